The highest BCUT2D eigenvalue weighted by molar-refractivity contribution is 7.20. The summed E-state index contributed by atoms with van der Waals surface area (Å²) in [6.07, 6.45) is 2.81. The summed E-state index contributed by atoms with van der Waals surface area (Å²) in [5, 5.41) is 5.66. The van der Waals surface area contributed by atoms with Crippen LogP contribution >= 0.6 is 11.3 Å². The third-order valence-corrected chi connectivity index (χ3v) is 6.41. The van der Waals surface area contributed by atoms with Gasteiger partial charge in [0.15, 0.2) is 0 Å². The maximum absolute atomic E-state index is 13.5. The van der Waals surface area contributed by atoms with E-state index < -0.39 is 0 Å². The average molecular weight is 389 g/mol. The predicted octanol–water partition coefficient (Wildman–Crippen LogP) is 2.16. The van der Waals surface area contributed by atoms with Crippen LogP contribution in [0.2, 0.25) is 0 Å². The molecule has 0 amide bonds. The zero-order valence-electron chi connectivity index (χ0n) is 14.8. The van der Waals surface area contributed by atoms with Crippen LogP contribution in [0.5, 0.6) is 5.75 Å². The van der Waals surface area contributed by atoms with Crippen molar-refractivity contribution in [2.24, 2.45) is 11.7 Å². The van der Waals surface area contributed by atoms with E-state index in [1.165, 1.54) is 30.6 Å². The van der Waals surface area contributed by atoms with Crippen molar-refractivity contribution >= 4 is 21.4 Å². The Morgan fingerprint density at radius 2 is 2.26 bits per heavy atom. The van der Waals surface area contributed by atoms with E-state index >= 15 is 0 Å². The second-order valence-corrected chi connectivity index (χ2v) is 7.93. The molecule has 4 heterocycles. The summed E-state index contributed by atoms with van der Waals surface area (Å²) in [4.78, 5) is 7.49. The van der Waals surface area contributed by atoms with Crippen LogP contribution in [0.1, 0.15) is 6.42 Å². The summed E-state index contributed by atoms with van der Waals surface area (Å²) in [5.41, 5.74) is 7.80. The van der Waals surface area contributed by atoms with E-state index in [1.54, 1.807) is 16.8 Å². The van der Waals surface area contributed by atoms with Crippen molar-refractivity contribution in [2.75, 3.05) is 31.7 Å². The number of aromatic nitrogens is 3. The van der Waals surface area contributed by atoms with Crippen LogP contribution in [-0.4, -0.2) is 53.6 Å². The van der Waals surface area contributed by atoms with Crippen molar-refractivity contribution in [1.29, 1.82) is 0 Å². The molecule has 0 saturated carbocycles. The van der Waals surface area contributed by atoms with Gasteiger partial charge < -0.3 is 20.1 Å². The maximum Gasteiger partial charge on any atom is 0.214 e. The van der Waals surface area contributed by atoms with Gasteiger partial charge in [0.05, 0.1) is 25.1 Å². The highest BCUT2D eigenvalue weighted by Crippen LogP contribution is 2.36. The first-order chi connectivity index (χ1) is 13.1. The van der Waals surface area contributed by atoms with Gasteiger partial charge in [-0.05, 0) is 18.6 Å². The standard InChI is InChI=1S/C18H20FN5O2S/c1-25-15-6-10(19)2-3-11(15)14-7-21-17-24(14)22-18(27-17)23-8-12-13(20)4-5-26-16(12)9-23/h2-3,6-7,12-13,16H,4-5,8-9,20H2,1H3. The minimum absolute atomic E-state index is 0.168. The Morgan fingerprint density at radius 1 is 1.37 bits per heavy atom. The number of rotatable bonds is 3. The number of imidazole rings is 1. The first kappa shape index (κ1) is 16.9. The number of halogens is 1. The Labute approximate surface area is 159 Å². The molecule has 3 aromatic rings. The number of nitrogens with two attached hydrogens (primary N) is 1. The summed E-state index contributed by atoms with van der Waals surface area (Å²) in [6, 6.07) is 4.64. The Morgan fingerprint density at radius 3 is 3.07 bits per heavy atom. The molecule has 2 aromatic heterocycles. The molecule has 2 aliphatic heterocycles. The molecular formula is C18H20FN5O2S. The molecule has 9 heteroatoms. The molecule has 142 valence electrons. The Bertz CT molecular complexity index is 989. The summed E-state index contributed by atoms with van der Waals surface area (Å²) in [6.45, 7) is 2.37. The van der Waals surface area contributed by atoms with Crippen molar-refractivity contribution in [3.8, 4) is 17.0 Å². The van der Waals surface area contributed by atoms with Gasteiger partial charge in [-0.3, -0.25) is 0 Å². The number of methoxy groups -OCH3 is 1. The first-order valence-corrected chi connectivity index (χ1v) is 9.76. The van der Waals surface area contributed by atoms with Crippen molar-refractivity contribution in [1.82, 2.24) is 14.6 Å². The van der Waals surface area contributed by atoms with Crippen molar-refractivity contribution in [3.05, 3.63) is 30.2 Å². The van der Waals surface area contributed by atoms with E-state index in [9.17, 15) is 4.39 Å². The number of hydrogen-bond acceptors (Lipinski definition) is 7. The second-order valence-electron chi connectivity index (χ2n) is 7.00. The molecule has 7 nitrogen and oxygen atoms in total. The topological polar surface area (TPSA) is 77.9 Å². The van der Waals surface area contributed by atoms with Gasteiger partial charge in [0.2, 0.25) is 10.1 Å². The Hall–Kier alpha value is -2.23. The van der Waals surface area contributed by atoms with Crippen LogP contribution in [-0.2, 0) is 4.74 Å². The van der Waals surface area contributed by atoms with E-state index in [1.807, 2.05) is 0 Å². The van der Waals surface area contributed by atoms with E-state index in [-0.39, 0.29) is 18.0 Å². The molecule has 2 saturated heterocycles. The fourth-order valence-electron chi connectivity index (χ4n) is 3.98. The van der Waals surface area contributed by atoms with Gasteiger partial charge >= 0.3 is 0 Å². The molecular weight excluding hydrogens is 369 g/mol. The largest absolute Gasteiger partial charge is 0.496 e. The highest BCUT2D eigenvalue weighted by Gasteiger charge is 2.41. The quantitative estimate of drug-likeness (QED) is 0.740. The molecule has 2 aliphatic rings. The fraction of sp³-hybridized carbons (Fsp3) is 0.444. The lowest BCUT2D eigenvalue weighted by atomic mass is 9.93. The third-order valence-electron chi connectivity index (χ3n) is 5.43. The van der Waals surface area contributed by atoms with Gasteiger partial charge in [-0.1, -0.05) is 11.3 Å². The second kappa shape index (κ2) is 6.43. The van der Waals surface area contributed by atoms with Gasteiger partial charge in [0, 0.05) is 43.3 Å². The number of anilines is 1. The van der Waals surface area contributed by atoms with E-state index in [4.69, 9.17) is 20.3 Å². The Balaban J connectivity index is 1.49. The van der Waals surface area contributed by atoms with Crippen LogP contribution in [0.25, 0.3) is 16.2 Å². The van der Waals surface area contributed by atoms with Crippen molar-refractivity contribution < 1.29 is 13.9 Å². The zero-order chi connectivity index (χ0) is 18.5. The van der Waals surface area contributed by atoms with Crippen LogP contribution in [0.15, 0.2) is 24.4 Å². The average Bonchev–Trinajstić information content (AvgIpc) is 3.35. The zero-order valence-corrected chi connectivity index (χ0v) is 15.7. The molecule has 0 radical (unpaired) electrons. The molecule has 0 aliphatic carbocycles. The normalized spacial score (nSPS) is 25.1. The SMILES string of the molecule is COc1cc(F)ccc1-c1cnc2sc(N3CC4OCCC(N)C4C3)nn12. The number of fused-ring (bicyclic) bond motifs is 2. The van der Waals surface area contributed by atoms with Crippen molar-refractivity contribution in [2.45, 2.75) is 18.6 Å². The molecule has 2 fully saturated rings. The van der Waals surface area contributed by atoms with E-state index in [0.29, 0.717) is 11.7 Å². The molecule has 3 unspecified atom stereocenters. The molecule has 3 atom stereocenters. The smallest absolute Gasteiger partial charge is 0.214 e. The molecule has 0 spiro atoms. The first-order valence-electron chi connectivity index (χ1n) is 8.94. The number of nitrogens with zero attached hydrogens (tertiary/aromatic N) is 4. The van der Waals surface area contributed by atoms with E-state index in [2.05, 4.69) is 9.88 Å². The van der Waals surface area contributed by atoms with Crippen LogP contribution in [0.3, 0.4) is 0 Å². The lowest BCUT2D eigenvalue weighted by Gasteiger charge is -2.29. The Kier molecular flexibility index (Phi) is 4.03. The van der Waals surface area contributed by atoms with Gasteiger partial charge in [-0.2, -0.15) is 0 Å². The lowest BCUT2D eigenvalue weighted by molar-refractivity contribution is -0.00904. The van der Waals surface area contributed by atoms with Crippen molar-refractivity contribution in [3.63, 3.8) is 0 Å². The molecule has 5 rings (SSSR count). The lowest BCUT2D eigenvalue weighted by Crippen LogP contribution is -2.43. The minimum Gasteiger partial charge on any atom is -0.496 e. The highest BCUT2D eigenvalue weighted by atomic mass is 32.1. The molecule has 2 N–H and O–H groups in total. The minimum atomic E-state index is -0.341. The van der Waals surface area contributed by atoms with E-state index in [0.717, 1.165) is 47.5 Å². The summed E-state index contributed by atoms with van der Waals surface area (Å²) < 4.78 is 26.6. The molecule has 0 bridgehead atoms. The van der Waals surface area contributed by atoms with Crippen LogP contribution < -0.4 is 15.4 Å². The monoisotopic (exact) mass is 389 g/mol. The number of benzene rings is 1. The maximum atomic E-state index is 13.5. The summed E-state index contributed by atoms with van der Waals surface area (Å²) in [7, 11) is 1.53. The molecule has 27 heavy (non-hydrogen) atoms. The summed E-state index contributed by atoms with van der Waals surface area (Å²) in [5.74, 6) is 0.455. The fourth-order valence-corrected chi connectivity index (χ4v) is 4.88. The van der Waals surface area contributed by atoms with Gasteiger partial charge in [-0.25, -0.2) is 13.9 Å². The van der Waals surface area contributed by atoms with Gasteiger partial charge in [0.1, 0.15) is 11.6 Å². The third kappa shape index (κ3) is 2.77. The van der Waals surface area contributed by atoms with Gasteiger partial charge in [0.25, 0.3) is 0 Å². The van der Waals surface area contributed by atoms with Crippen LogP contribution in [0.4, 0.5) is 9.52 Å². The number of ether oxygens (including phenoxy) is 2. The number of hydrogen-bond donors (Lipinski definition) is 1. The summed E-state index contributed by atoms with van der Waals surface area (Å²) >= 11 is 1.53. The molecule has 1 aromatic carbocycles. The van der Waals surface area contributed by atoms with Crippen LogP contribution in [0, 0.1) is 11.7 Å². The predicted molar refractivity (Wildman–Crippen MR) is 101 cm³/mol. The van der Waals surface area contributed by atoms with Gasteiger partial charge in [-0.15, -0.1) is 5.10 Å².